The zero-order chi connectivity index (χ0) is 20.7. The molecule has 1 aliphatic rings. The molecule has 0 spiro atoms. The lowest BCUT2D eigenvalue weighted by Gasteiger charge is -2.33. The van der Waals surface area contributed by atoms with Crippen LogP contribution >= 0.6 is 0 Å². The number of nitrogens with zero attached hydrogens (tertiary/aromatic N) is 2. The number of halogens is 1. The maximum atomic E-state index is 13.6. The van der Waals surface area contributed by atoms with Crippen LogP contribution in [0.1, 0.15) is 11.1 Å². The summed E-state index contributed by atoms with van der Waals surface area (Å²) in [6, 6.07) is 15.6. The van der Waals surface area contributed by atoms with Crippen molar-refractivity contribution in [3.8, 4) is 0 Å². The Kier molecular flexibility index (Phi) is 7.35. The Labute approximate surface area is 171 Å². The van der Waals surface area contributed by atoms with Crippen LogP contribution < -0.4 is 5.32 Å². The molecule has 6 nitrogen and oxygen atoms in total. The van der Waals surface area contributed by atoms with E-state index < -0.39 is 10.0 Å². The van der Waals surface area contributed by atoms with Crippen LogP contribution in [-0.2, 0) is 27.0 Å². The third-order valence-electron chi connectivity index (χ3n) is 4.96. The summed E-state index contributed by atoms with van der Waals surface area (Å²) in [5, 5.41) is 2.80. The molecule has 2 aromatic rings. The van der Waals surface area contributed by atoms with Crippen molar-refractivity contribution >= 4 is 15.9 Å². The normalized spacial score (nSPS) is 15.9. The van der Waals surface area contributed by atoms with Gasteiger partial charge < -0.3 is 5.32 Å². The zero-order valence-corrected chi connectivity index (χ0v) is 17.1. The van der Waals surface area contributed by atoms with E-state index in [4.69, 9.17) is 0 Å². The second-order valence-corrected chi connectivity index (χ2v) is 9.08. The lowest BCUT2D eigenvalue weighted by molar-refractivity contribution is -0.122. The van der Waals surface area contributed by atoms with Crippen molar-refractivity contribution in [3.05, 3.63) is 71.5 Å². The number of amides is 1. The molecule has 2 aromatic carbocycles. The van der Waals surface area contributed by atoms with E-state index in [1.165, 1.54) is 10.4 Å². The average molecular weight is 420 g/mol. The Balaban J connectivity index is 1.40. The molecule has 0 saturated carbocycles. The maximum absolute atomic E-state index is 13.6. The van der Waals surface area contributed by atoms with Crippen LogP contribution in [0.25, 0.3) is 0 Å². The van der Waals surface area contributed by atoms with E-state index in [1.54, 1.807) is 30.3 Å². The SMILES string of the molecule is O=C(CN1CCN(S(=O)(=O)Cc2ccccc2)CC1)NCCc1ccccc1F. The molecule has 156 valence electrons. The minimum absolute atomic E-state index is 0.00955. The number of sulfonamides is 1. The molecule has 3 rings (SSSR count). The van der Waals surface area contributed by atoms with E-state index in [-0.39, 0.29) is 24.0 Å². The third kappa shape index (κ3) is 6.35. The largest absolute Gasteiger partial charge is 0.355 e. The highest BCUT2D eigenvalue weighted by Crippen LogP contribution is 2.13. The smallest absolute Gasteiger partial charge is 0.234 e. The Bertz CT molecular complexity index is 914. The van der Waals surface area contributed by atoms with Gasteiger partial charge in [-0.2, -0.15) is 4.31 Å². The lowest BCUT2D eigenvalue weighted by Crippen LogP contribution is -2.51. The summed E-state index contributed by atoms with van der Waals surface area (Å²) in [5.41, 5.74) is 1.34. The highest BCUT2D eigenvalue weighted by molar-refractivity contribution is 7.88. The van der Waals surface area contributed by atoms with Gasteiger partial charge >= 0.3 is 0 Å². The molecular formula is C21H26FN3O3S. The summed E-state index contributed by atoms with van der Waals surface area (Å²) in [4.78, 5) is 14.1. The Hall–Kier alpha value is -2.29. The summed E-state index contributed by atoms with van der Waals surface area (Å²) < 4.78 is 40.2. The highest BCUT2D eigenvalue weighted by Gasteiger charge is 2.27. The molecule has 0 atom stereocenters. The van der Waals surface area contributed by atoms with Crippen molar-refractivity contribution in [3.63, 3.8) is 0 Å². The zero-order valence-electron chi connectivity index (χ0n) is 16.3. The van der Waals surface area contributed by atoms with Crippen LogP contribution in [-0.4, -0.2) is 62.8 Å². The first-order valence-corrected chi connectivity index (χ1v) is 11.3. The van der Waals surface area contributed by atoms with Crippen molar-refractivity contribution in [2.24, 2.45) is 0 Å². The van der Waals surface area contributed by atoms with Gasteiger partial charge in [-0.05, 0) is 23.6 Å². The van der Waals surface area contributed by atoms with Gasteiger partial charge in [-0.25, -0.2) is 12.8 Å². The van der Waals surface area contributed by atoms with Crippen LogP contribution in [0.5, 0.6) is 0 Å². The van der Waals surface area contributed by atoms with Crippen LogP contribution in [0.4, 0.5) is 4.39 Å². The molecule has 29 heavy (non-hydrogen) atoms. The Morgan fingerprint density at radius 2 is 1.62 bits per heavy atom. The van der Waals surface area contributed by atoms with Crippen molar-refractivity contribution in [1.82, 2.24) is 14.5 Å². The molecule has 0 unspecified atom stereocenters. The molecule has 1 N–H and O–H groups in total. The molecule has 1 aliphatic heterocycles. The Morgan fingerprint density at radius 3 is 2.31 bits per heavy atom. The van der Waals surface area contributed by atoms with Crippen molar-refractivity contribution < 1.29 is 17.6 Å². The minimum atomic E-state index is -3.37. The molecule has 1 heterocycles. The van der Waals surface area contributed by atoms with Gasteiger partial charge in [0.2, 0.25) is 15.9 Å². The maximum Gasteiger partial charge on any atom is 0.234 e. The predicted octanol–water partition coefficient (Wildman–Crippen LogP) is 1.63. The molecular weight excluding hydrogens is 393 g/mol. The molecule has 0 aromatic heterocycles. The number of benzene rings is 2. The molecule has 0 bridgehead atoms. The van der Waals surface area contributed by atoms with E-state index in [9.17, 15) is 17.6 Å². The van der Waals surface area contributed by atoms with Gasteiger partial charge in [-0.3, -0.25) is 9.69 Å². The second kappa shape index (κ2) is 9.96. The molecule has 0 radical (unpaired) electrons. The first kappa shape index (κ1) is 21.4. The second-order valence-electron chi connectivity index (χ2n) is 7.11. The van der Waals surface area contributed by atoms with Crippen LogP contribution in [0.3, 0.4) is 0 Å². The number of carbonyl (C=O) groups is 1. The molecule has 8 heteroatoms. The van der Waals surface area contributed by atoms with Gasteiger partial charge in [0, 0.05) is 32.7 Å². The molecule has 1 amide bonds. The monoisotopic (exact) mass is 419 g/mol. The van der Waals surface area contributed by atoms with Crippen LogP contribution in [0.15, 0.2) is 54.6 Å². The van der Waals surface area contributed by atoms with Gasteiger partial charge in [-0.1, -0.05) is 48.5 Å². The van der Waals surface area contributed by atoms with Gasteiger partial charge in [0.1, 0.15) is 5.82 Å². The fourth-order valence-corrected chi connectivity index (χ4v) is 4.85. The fraction of sp³-hybridized carbons (Fsp3) is 0.381. The number of hydrogen-bond donors (Lipinski definition) is 1. The van der Waals surface area contributed by atoms with Crippen molar-refractivity contribution in [2.75, 3.05) is 39.3 Å². The highest BCUT2D eigenvalue weighted by atomic mass is 32.2. The first-order valence-electron chi connectivity index (χ1n) is 9.68. The van der Waals surface area contributed by atoms with E-state index in [0.717, 1.165) is 5.56 Å². The minimum Gasteiger partial charge on any atom is -0.355 e. The van der Waals surface area contributed by atoms with Gasteiger partial charge in [-0.15, -0.1) is 0 Å². The Morgan fingerprint density at radius 1 is 0.966 bits per heavy atom. The number of hydrogen-bond acceptors (Lipinski definition) is 4. The fourth-order valence-electron chi connectivity index (χ4n) is 3.34. The number of piperazine rings is 1. The third-order valence-corrected chi connectivity index (χ3v) is 6.81. The van der Waals surface area contributed by atoms with E-state index in [1.807, 2.05) is 23.1 Å². The first-order chi connectivity index (χ1) is 13.9. The summed E-state index contributed by atoms with van der Waals surface area (Å²) >= 11 is 0. The number of nitrogens with one attached hydrogen (secondary N) is 1. The summed E-state index contributed by atoms with van der Waals surface area (Å²) in [6.45, 7) is 2.34. The van der Waals surface area contributed by atoms with Gasteiger partial charge in [0.25, 0.3) is 0 Å². The van der Waals surface area contributed by atoms with Gasteiger partial charge in [0.05, 0.1) is 12.3 Å². The topological polar surface area (TPSA) is 69.7 Å². The molecule has 1 fully saturated rings. The summed E-state index contributed by atoms with van der Waals surface area (Å²) in [5.74, 6) is -0.416. The average Bonchev–Trinajstić information content (AvgIpc) is 2.70. The van der Waals surface area contributed by atoms with Gasteiger partial charge in [0.15, 0.2) is 0 Å². The van der Waals surface area contributed by atoms with Crippen LogP contribution in [0, 0.1) is 5.82 Å². The van der Waals surface area contributed by atoms with Crippen LogP contribution in [0.2, 0.25) is 0 Å². The summed E-state index contributed by atoms with van der Waals surface area (Å²) in [6.07, 6.45) is 0.434. The predicted molar refractivity (Wildman–Crippen MR) is 110 cm³/mol. The number of carbonyl (C=O) groups excluding carboxylic acids is 1. The van der Waals surface area contributed by atoms with E-state index in [0.29, 0.717) is 44.7 Å². The summed E-state index contributed by atoms with van der Waals surface area (Å²) in [7, 11) is -3.37. The van der Waals surface area contributed by atoms with Crippen molar-refractivity contribution in [2.45, 2.75) is 12.2 Å². The van der Waals surface area contributed by atoms with E-state index >= 15 is 0 Å². The van der Waals surface area contributed by atoms with Crippen molar-refractivity contribution in [1.29, 1.82) is 0 Å². The van der Waals surface area contributed by atoms with E-state index in [2.05, 4.69) is 5.32 Å². The standard InChI is InChI=1S/C21H26FN3O3S/c22-20-9-5-4-8-19(20)10-11-23-21(26)16-24-12-14-25(15-13-24)29(27,28)17-18-6-2-1-3-7-18/h1-9H,10-17H2,(H,23,26). The molecule has 0 aliphatic carbocycles. The molecule has 1 saturated heterocycles. The quantitative estimate of drug-likeness (QED) is 0.706. The number of rotatable bonds is 8. The lowest BCUT2D eigenvalue weighted by atomic mass is 10.1.